The van der Waals surface area contributed by atoms with Crippen LogP contribution in [-0.2, 0) is 14.3 Å². The van der Waals surface area contributed by atoms with Crippen molar-refractivity contribution in [1.82, 2.24) is 9.80 Å². The summed E-state index contributed by atoms with van der Waals surface area (Å²) < 4.78 is 10.5. The van der Waals surface area contributed by atoms with Gasteiger partial charge in [0.2, 0.25) is 0 Å². The van der Waals surface area contributed by atoms with Crippen LogP contribution in [0.5, 0.6) is 0 Å². The summed E-state index contributed by atoms with van der Waals surface area (Å²) in [7, 11) is 2.16. The Morgan fingerprint density at radius 2 is 1.76 bits per heavy atom. The first-order chi connectivity index (χ1) is 8.33. The van der Waals surface area contributed by atoms with Gasteiger partial charge in [-0.25, -0.2) is 0 Å². The summed E-state index contributed by atoms with van der Waals surface area (Å²) in [4.78, 5) is 14.8. The number of hydrogen-bond donors (Lipinski definition) is 0. The standard InChI is InChI=1S/C12H24N2O3/c1-13-3-5-14(6-4-13)7-11-16-9-2-10-17-12-8-15/h8H,2-7,9-12H2,1H3. The molecule has 1 rings (SSSR count). The minimum absolute atomic E-state index is 0.196. The lowest BCUT2D eigenvalue weighted by Gasteiger charge is -2.32. The van der Waals surface area contributed by atoms with Crippen LogP contribution in [0.3, 0.4) is 0 Å². The Kier molecular flexibility index (Phi) is 8.17. The van der Waals surface area contributed by atoms with Crippen LogP contribution in [-0.4, -0.2) is 82.3 Å². The fourth-order valence-electron chi connectivity index (χ4n) is 1.76. The van der Waals surface area contributed by atoms with Gasteiger partial charge in [-0.2, -0.15) is 0 Å². The van der Waals surface area contributed by atoms with Crippen LogP contribution in [0.2, 0.25) is 0 Å². The molecule has 0 N–H and O–H groups in total. The van der Waals surface area contributed by atoms with Crippen molar-refractivity contribution in [2.75, 3.05) is 66.2 Å². The zero-order valence-electron chi connectivity index (χ0n) is 10.8. The predicted octanol–water partition coefficient (Wildman–Crippen LogP) is -0.144. The Morgan fingerprint density at radius 3 is 2.47 bits per heavy atom. The molecule has 0 radical (unpaired) electrons. The number of carbonyl (C=O) groups excluding carboxylic acids is 1. The van der Waals surface area contributed by atoms with E-state index in [1.165, 1.54) is 0 Å². The molecule has 0 spiro atoms. The van der Waals surface area contributed by atoms with Crippen molar-refractivity contribution in [3.05, 3.63) is 0 Å². The summed E-state index contributed by atoms with van der Waals surface area (Å²) in [6.45, 7) is 7.91. The summed E-state index contributed by atoms with van der Waals surface area (Å²) in [5, 5.41) is 0. The van der Waals surface area contributed by atoms with Gasteiger partial charge in [0.05, 0.1) is 6.61 Å². The lowest BCUT2D eigenvalue weighted by atomic mass is 10.3. The minimum atomic E-state index is 0.196. The quantitative estimate of drug-likeness (QED) is 0.417. The maximum Gasteiger partial charge on any atom is 0.145 e. The highest BCUT2D eigenvalue weighted by atomic mass is 16.5. The van der Waals surface area contributed by atoms with Crippen LogP contribution >= 0.6 is 0 Å². The van der Waals surface area contributed by atoms with Crippen molar-refractivity contribution >= 4 is 6.29 Å². The van der Waals surface area contributed by atoms with Crippen molar-refractivity contribution in [3.8, 4) is 0 Å². The van der Waals surface area contributed by atoms with Crippen molar-refractivity contribution in [2.45, 2.75) is 6.42 Å². The topological polar surface area (TPSA) is 42.0 Å². The van der Waals surface area contributed by atoms with Gasteiger partial charge >= 0.3 is 0 Å². The number of rotatable bonds is 9. The molecule has 0 aliphatic carbocycles. The molecule has 1 fully saturated rings. The summed E-state index contributed by atoms with van der Waals surface area (Å²) >= 11 is 0. The maximum absolute atomic E-state index is 9.97. The van der Waals surface area contributed by atoms with Crippen molar-refractivity contribution < 1.29 is 14.3 Å². The lowest BCUT2D eigenvalue weighted by Crippen LogP contribution is -2.45. The fourth-order valence-corrected chi connectivity index (χ4v) is 1.76. The zero-order chi connectivity index (χ0) is 12.3. The molecule has 0 bridgehead atoms. The molecule has 0 aromatic rings. The van der Waals surface area contributed by atoms with E-state index in [-0.39, 0.29) is 6.61 Å². The number of aldehydes is 1. The Morgan fingerprint density at radius 1 is 1.06 bits per heavy atom. The molecule has 1 aliphatic rings. The number of hydrogen-bond acceptors (Lipinski definition) is 5. The van der Waals surface area contributed by atoms with E-state index in [1.807, 2.05) is 0 Å². The SMILES string of the molecule is CN1CCN(CCOCCCOCC=O)CC1. The summed E-state index contributed by atoms with van der Waals surface area (Å²) in [5.74, 6) is 0. The number of likely N-dealkylation sites (N-methyl/N-ethyl adjacent to an activating group) is 1. The second-order valence-corrected chi connectivity index (χ2v) is 4.35. The van der Waals surface area contributed by atoms with Crippen molar-refractivity contribution in [1.29, 1.82) is 0 Å². The lowest BCUT2D eigenvalue weighted by molar-refractivity contribution is -0.112. The van der Waals surface area contributed by atoms with E-state index < -0.39 is 0 Å². The van der Waals surface area contributed by atoms with E-state index in [0.29, 0.717) is 13.2 Å². The van der Waals surface area contributed by atoms with Crippen molar-refractivity contribution in [3.63, 3.8) is 0 Å². The van der Waals surface area contributed by atoms with Crippen LogP contribution in [0, 0.1) is 0 Å². The molecule has 1 aliphatic heterocycles. The molecule has 1 saturated heterocycles. The highest BCUT2D eigenvalue weighted by Gasteiger charge is 2.12. The monoisotopic (exact) mass is 244 g/mol. The number of ether oxygens (including phenoxy) is 2. The molecule has 0 aromatic heterocycles. The van der Waals surface area contributed by atoms with Gasteiger partial charge in [0.15, 0.2) is 0 Å². The second-order valence-electron chi connectivity index (χ2n) is 4.35. The van der Waals surface area contributed by atoms with Gasteiger partial charge < -0.3 is 19.2 Å². The smallest absolute Gasteiger partial charge is 0.145 e. The molecule has 5 nitrogen and oxygen atoms in total. The van der Waals surface area contributed by atoms with Crippen molar-refractivity contribution in [2.24, 2.45) is 0 Å². The van der Waals surface area contributed by atoms with E-state index in [9.17, 15) is 4.79 Å². The van der Waals surface area contributed by atoms with Gasteiger partial charge in [0, 0.05) is 45.9 Å². The van der Waals surface area contributed by atoms with E-state index in [4.69, 9.17) is 9.47 Å². The molecule has 0 unspecified atom stereocenters. The molecular weight excluding hydrogens is 220 g/mol. The zero-order valence-corrected chi connectivity index (χ0v) is 10.8. The highest BCUT2D eigenvalue weighted by molar-refractivity contribution is 5.50. The average molecular weight is 244 g/mol. The predicted molar refractivity (Wildman–Crippen MR) is 66.3 cm³/mol. The first-order valence-electron chi connectivity index (χ1n) is 6.33. The van der Waals surface area contributed by atoms with E-state index >= 15 is 0 Å². The number of nitrogens with zero attached hydrogens (tertiary/aromatic N) is 2. The fraction of sp³-hybridized carbons (Fsp3) is 0.917. The summed E-state index contributed by atoms with van der Waals surface area (Å²) in [5.41, 5.74) is 0. The molecule has 100 valence electrons. The summed E-state index contributed by atoms with van der Waals surface area (Å²) in [6, 6.07) is 0. The van der Waals surface area contributed by atoms with Gasteiger partial charge in [0.1, 0.15) is 12.9 Å². The third-order valence-electron chi connectivity index (χ3n) is 2.91. The molecular formula is C12H24N2O3. The molecule has 0 amide bonds. The number of carbonyl (C=O) groups is 1. The van der Waals surface area contributed by atoms with Crippen LogP contribution in [0.15, 0.2) is 0 Å². The Hall–Kier alpha value is -0.490. The van der Waals surface area contributed by atoms with Gasteiger partial charge in [-0.05, 0) is 13.5 Å². The Bertz CT molecular complexity index is 194. The second kappa shape index (κ2) is 9.53. The third-order valence-corrected chi connectivity index (χ3v) is 2.91. The van der Waals surface area contributed by atoms with Gasteiger partial charge in [-0.1, -0.05) is 0 Å². The molecule has 17 heavy (non-hydrogen) atoms. The molecule has 5 heteroatoms. The summed E-state index contributed by atoms with van der Waals surface area (Å²) in [6.07, 6.45) is 1.63. The first kappa shape index (κ1) is 14.6. The number of piperazine rings is 1. The minimum Gasteiger partial charge on any atom is -0.380 e. The largest absolute Gasteiger partial charge is 0.380 e. The third kappa shape index (κ3) is 7.44. The van der Waals surface area contributed by atoms with Gasteiger partial charge in [-0.15, -0.1) is 0 Å². The Labute approximate surface area is 104 Å². The van der Waals surface area contributed by atoms with Gasteiger partial charge in [0.25, 0.3) is 0 Å². The molecule has 0 aromatic carbocycles. The first-order valence-corrected chi connectivity index (χ1v) is 6.33. The normalized spacial score (nSPS) is 18.4. The Balaban J connectivity index is 1.82. The van der Waals surface area contributed by atoms with Gasteiger partial charge in [-0.3, -0.25) is 4.90 Å². The highest BCUT2D eigenvalue weighted by Crippen LogP contribution is 1.98. The van der Waals surface area contributed by atoms with E-state index in [1.54, 1.807) is 0 Å². The molecule has 0 atom stereocenters. The van der Waals surface area contributed by atoms with E-state index in [2.05, 4.69) is 16.8 Å². The maximum atomic E-state index is 9.97. The van der Waals surface area contributed by atoms with Crippen LogP contribution in [0.25, 0.3) is 0 Å². The molecule has 0 saturated carbocycles. The molecule has 1 heterocycles. The van der Waals surface area contributed by atoms with Crippen LogP contribution in [0.4, 0.5) is 0 Å². The van der Waals surface area contributed by atoms with E-state index in [0.717, 1.165) is 52.0 Å². The van der Waals surface area contributed by atoms with Crippen LogP contribution < -0.4 is 0 Å². The average Bonchev–Trinajstić information content (AvgIpc) is 2.35. The van der Waals surface area contributed by atoms with Crippen LogP contribution in [0.1, 0.15) is 6.42 Å².